The van der Waals surface area contributed by atoms with Gasteiger partial charge >= 0.3 is 0 Å². The van der Waals surface area contributed by atoms with Crippen LogP contribution in [0.5, 0.6) is 0 Å². The van der Waals surface area contributed by atoms with E-state index in [1.165, 1.54) is 0 Å². The normalized spacial score (nSPS) is 15.3. The van der Waals surface area contributed by atoms with Gasteiger partial charge in [-0.05, 0) is 24.3 Å². The number of nitrogens with one attached hydrogen (secondary N) is 1. The first-order chi connectivity index (χ1) is 9.31. The summed E-state index contributed by atoms with van der Waals surface area (Å²) >= 11 is 0. The monoisotopic (exact) mass is 264 g/mol. The van der Waals surface area contributed by atoms with Crippen LogP contribution in [0.1, 0.15) is 10.4 Å². The van der Waals surface area contributed by atoms with Gasteiger partial charge in [0.05, 0.1) is 19.8 Å². The third-order valence-electron chi connectivity index (χ3n) is 3.10. The van der Waals surface area contributed by atoms with Crippen LogP contribution in [0.4, 0.5) is 5.69 Å². The number of nitrogens with zero attached hydrogens (tertiary/aromatic N) is 1. The minimum atomic E-state index is -0.0643. The predicted molar refractivity (Wildman–Crippen MR) is 73.7 cm³/mol. The van der Waals surface area contributed by atoms with Gasteiger partial charge in [0.25, 0.3) is 5.91 Å². The van der Waals surface area contributed by atoms with Crippen LogP contribution in [0, 0.1) is 0 Å². The van der Waals surface area contributed by atoms with Gasteiger partial charge in [-0.3, -0.25) is 4.79 Å². The van der Waals surface area contributed by atoms with Crippen molar-refractivity contribution in [3.8, 4) is 0 Å². The van der Waals surface area contributed by atoms with E-state index in [1.54, 1.807) is 7.11 Å². The average molecular weight is 264 g/mol. The van der Waals surface area contributed by atoms with Crippen molar-refractivity contribution in [3.05, 3.63) is 29.8 Å². The highest BCUT2D eigenvalue weighted by atomic mass is 16.5. The van der Waals surface area contributed by atoms with Crippen molar-refractivity contribution in [2.45, 2.75) is 0 Å². The van der Waals surface area contributed by atoms with Crippen LogP contribution in [0.3, 0.4) is 0 Å². The van der Waals surface area contributed by atoms with Gasteiger partial charge in [0.1, 0.15) is 0 Å². The lowest BCUT2D eigenvalue weighted by molar-refractivity contribution is 0.0937. The molecule has 1 fully saturated rings. The molecule has 5 nitrogen and oxygen atoms in total. The topological polar surface area (TPSA) is 50.8 Å². The Hall–Kier alpha value is -1.59. The first kappa shape index (κ1) is 13.8. The molecule has 5 heteroatoms. The van der Waals surface area contributed by atoms with Gasteiger partial charge in [-0.25, -0.2) is 0 Å². The smallest absolute Gasteiger partial charge is 0.251 e. The summed E-state index contributed by atoms with van der Waals surface area (Å²) in [6, 6.07) is 7.67. The highest BCUT2D eigenvalue weighted by molar-refractivity contribution is 5.94. The number of hydrogen-bond acceptors (Lipinski definition) is 4. The van der Waals surface area contributed by atoms with Crippen molar-refractivity contribution in [2.75, 3.05) is 51.5 Å². The number of anilines is 1. The van der Waals surface area contributed by atoms with Gasteiger partial charge in [0, 0.05) is 38.0 Å². The van der Waals surface area contributed by atoms with Gasteiger partial charge in [0.15, 0.2) is 0 Å². The molecule has 1 aliphatic rings. The molecule has 19 heavy (non-hydrogen) atoms. The van der Waals surface area contributed by atoms with Gasteiger partial charge in [0.2, 0.25) is 0 Å². The van der Waals surface area contributed by atoms with Crippen LogP contribution >= 0.6 is 0 Å². The molecule has 0 unspecified atom stereocenters. The number of amides is 1. The Kier molecular flexibility index (Phi) is 5.18. The van der Waals surface area contributed by atoms with Gasteiger partial charge in [-0.1, -0.05) is 0 Å². The summed E-state index contributed by atoms with van der Waals surface area (Å²) in [5.74, 6) is -0.0643. The number of methoxy groups -OCH3 is 1. The second-order valence-corrected chi connectivity index (χ2v) is 4.39. The lowest BCUT2D eigenvalue weighted by atomic mass is 10.1. The summed E-state index contributed by atoms with van der Waals surface area (Å²) < 4.78 is 10.2. The fraction of sp³-hybridized carbons (Fsp3) is 0.500. The molecule has 0 saturated carbocycles. The highest BCUT2D eigenvalue weighted by Gasteiger charge is 2.11. The zero-order valence-corrected chi connectivity index (χ0v) is 11.2. The van der Waals surface area contributed by atoms with Crippen molar-refractivity contribution in [1.29, 1.82) is 0 Å². The summed E-state index contributed by atoms with van der Waals surface area (Å²) in [6.07, 6.45) is 0. The largest absolute Gasteiger partial charge is 0.383 e. The second-order valence-electron chi connectivity index (χ2n) is 4.39. The molecule has 0 bridgehead atoms. The summed E-state index contributed by atoms with van der Waals surface area (Å²) in [5.41, 5.74) is 1.81. The van der Waals surface area contributed by atoms with E-state index in [4.69, 9.17) is 9.47 Å². The lowest BCUT2D eigenvalue weighted by Crippen LogP contribution is -2.36. The maximum atomic E-state index is 11.8. The number of rotatable bonds is 5. The molecule has 0 spiro atoms. The highest BCUT2D eigenvalue weighted by Crippen LogP contribution is 2.16. The minimum Gasteiger partial charge on any atom is -0.383 e. The van der Waals surface area contributed by atoms with E-state index in [0.717, 1.165) is 32.0 Å². The van der Waals surface area contributed by atoms with Crippen LogP contribution in [-0.2, 0) is 9.47 Å². The van der Waals surface area contributed by atoms with E-state index in [2.05, 4.69) is 10.2 Å². The van der Waals surface area contributed by atoms with Gasteiger partial charge in [-0.15, -0.1) is 0 Å². The van der Waals surface area contributed by atoms with Crippen molar-refractivity contribution in [3.63, 3.8) is 0 Å². The van der Waals surface area contributed by atoms with E-state index in [9.17, 15) is 4.79 Å². The van der Waals surface area contributed by atoms with E-state index in [1.807, 2.05) is 24.3 Å². The first-order valence-corrected chi connectivity index (χ1v) is 6.51. The molecule has 1 aliphatic heterocycles. The molecular weight excluding hydrogens is 244 g/mol. The molecule has 104 valence electrons. The van der Waals surface area contributed by atoms with Crippen molar-refractivity contribution >= 4 is 11.6 Å². The Morgan fingerprint density at radius 3 is 2.63 bits per heavy atom. The minimum absolute atomic E-state index is 0.0643. The summed E-state index contributed by atoms with van der Waals surface area (Å²) in [6.45, 7) is 4.38. The molecular formula is C14H20N2O3. The molecule has 1 N–H and O–H groups in total. The maximum Gasteiger partial charge on any atom is 0.251 e. The molecule has 2 rings (SSSR count). The molecule has 1 aromatic carbocycles. The van der Waals surface area contributed by atoms with Crippen molar-refractivity contribution in [2.24, 2.45) is 0 Å². The molecule has 0 radical (unpaired) electrons. The Morgan fingerprint density at radius 1 is 1.32 bits per heavy atom. The van der Waals surface area contributed by atoms with Crippen molar-refractivity contribution < 1.29 is 14.3 Å². The van der Waals surface area contributed by atoms with Gasteiger partial charge < -0.3 is 19.7 Å². The number of carbonyl (C=O) groups excluding carboxylic acids is 1. The maximum absolute atomic E-state index is 11.8. The molecule has 1 aromatic rings. The Balaban J connectivity index is 1.91. The Morgan fingerprint density at radius 2 is 2.00 bits per heavy atom. The van der Waals surface area contributed by atoms with Crippen LogP contribution in [0.25, 0.3) is 0 Å². The fourth-order valence-corrected chi connectivity index (χ4v) is 2.01. The molecule has 0 atom stereocenters. The fourth-order valence-electron chi connectivity index (χ4n) is 2.01. The first-order valence-electron chi connectivity index (χ1n) is 6.51. The number of carbonyl (C=O) groups is 1. The quantitative estimate of drug-likeness (QED) is 0.803. The summed E-state index contributed by atoms with van der Waals surface area (Å²) in [5, 5.41) is 2.80. The van der Waals surface area contributed by atoms with E-state index in [0.29, 0.717) is 18.7 Å². The molecule has 1 saturated heterocycles. The third-order valence-corrected chi connectivity index (χ3v) is 3.10. The number of morpholine rings is 1. The van der Waals surface area contributed by atoms with Crippen LogP contribution in [-0.4, -0.2) is 52.5 Å². The summed E-state index contributed by atoms with van der Waals surface area (Å²) in [4.78, 5) is 14.1. The van der Waals surface area contributed by atoms with Gasteiger partial charge in [-0.2, -0.15) is 0 Å². The summed E-state index contributed by atoms with van der Waals surface area (Å²) in [7, 11) is 1.61. The van der Waals surface area contributed by atoms with Crippen LogP contribution in [0.15, 0.2) is 24.3 Å². The lowest BCUT2D eigenvalue weighted by Gasteiger charge is -2.28. The number of ether oxygens (including phenoxy) is 2. The standard InChI is InChI=1S/C14H20N2O3/c1-18-9-6-15-14(17)12-2-4-13(5-3-12)16-7-10-19-11-8-16/h2-5H,6-11H2,1H3,(H,15,17). The van der Waals surface area contributed by atoms with E-state index < -0.39 is 0 Å². The second kappa shape index (κ2) is 7.11. The molecule has 1 amide bonds. The number of benzene rings is 1. The van der Waals surface area contributed by atoms with E-state index in [-0.39, 0.29) is 5.91 Å². The molecule has 0 aliphatic carbocycles. The zero-order chi connectivity index (χ0) is 13.5. The predicted octanol–water partition coefficient (Wildman–Crippen LogP) is 0.899. The van der Waals surface area contributed by atoms with Crippen LogP contribution < -0.4 is 10.2 Å². The third kappa shape index (κ3) is 3.94. The average Bonchev–Trinajstić information content (AvgIpc) is 2.48. The number of hydrogen-bond donors (Lipinski definition) is 1. The molecule has 1 heterocycles. The zero-order valence-electron chi connectivity index (χ0n) is 11.2. The molecule has 0 aromatic heterocycles. The van der Waals surface area contributed by atoms with E-state index >= 15 is 0 Å². The Labute approximate surface area is 113 Å². The SMILES string of the molecule is COCCNC(=O)c1ccc(N2CCOCC2)cc1. The Bertz CT molecular complexity index is 400. The van der Waals surface area contributed by atoms with Crippen molar-refractivity contribution in [1.82, 2.24) is 5.32 Å². The van der Waals surface area contributed by atoms with Crippen LogP contribution in [0.2, 0.25) is 0 Å².